The van der Waals surface area contributed by atoms with Crippen LogP contribution in [-0.4, -0.2) is 45.5 Å². The first-order valence-electron chi connectivity index (χ1n) is 7.27. The second-order valence-electron chi connectivity index (χ2n) is 5.29. The van der Waals surface area contributed by atoms with Crippen LogP contribution in [0, 0.1) is 11.3 Å². The number of sulfonamides is 1. The van der Waals surface area contributed by atoms with Crippen molar-refractivity contribution in [2.24, 2.45) is 0 Å². The average molecular weight is 337 g/mol. The Bertz CT molecular complexity index is 686. The van der Waals surface area contributed by atoms with E-state index in [9.17, 15) is 13.2 Å². The van der Waals surface area contributed by atoms with Crippen LogP contribution in [0.25, 0.3) is 0 Å². The van der Waals surface area contributed by atoms with Crippen LogP contribution in [-0.2, 0) is 14.8 Å². The van der Waals surface area contributed by atoms with Crippen LogP contribution >= 0.6 is 0 Å². The summed E-state index contributed by atoms with van der Waals surface area (Å²) in [5, 5.41) is 8.54. The highest BCUT2D eigenvalue weighted by molar-refractivity contribution is 7.89. The van der Waals surface area contributed by atoms with Crippen molar-refractivity contribution in [3.05, 3.63) is 24.3 Å². The van der Waals surface area contributed by atoms with Gasteiger partial charge in [0.05, 0.1) is 18.1 Å². The molecule has 1 aliphatic rings. The maximum atomic E-state index is 12.3. The molecule has 1 amide bonds. The van der Waals surface area contributed by atoms with E-state index in [0.29, 0.717) is 31.7 Å². The maximum Gasteiger partial charge on any atom is 0.240 e. The molecule has 1 aromatic carbocycles. The molecule has 1 aromatic rings. The lowest BCUT2D eigenvalue weighted by Gasteiger charge is -2.31. The van der Waals surface area contributed by atoms with Gasteiger partial charge in [-0.3, -0.25) is 4.79 Å². The first kappa shape index (κ1) is 17.2. The molecule has 1 fully saturated rings. The summed E-state index contributed by atoms with van der Waals surface area (Å²) in [6.07, 6.45) is 0.932. The van der Waals surface area contributed by atoms with Crippen molar-refractivity contribution in [3.8, 4) is 11.8 Å². The number of carbonyl (C=O) groups excluding carboxylic acids is 1. The van der Waals surface area contributed by atoms with Crippen LogP contribution in [0.3, 0.4) is 0 Å². The number of nitrogens with one attached hydrogen (secondary N) is 1. The van der Waals surface area contributed by atoms with E-state index in [1.807, 2.05) is 6.07 Å². The highest BCUT2D eigenvalue weighted by Crippen LogP contribution is 2.18. The summed E-state index contributed by atoms with van der Waals surface area (Å²) in [4.78, 5) is 13.4. The Balaban J connectivity index is 1.94. The summed E-state index contributed by atoms with van der Waals surface area (Å²) in [7, 11) is -2.08. The number of nitrogens with zero attached hydrogens (tertiary/aromatic N) is 2. The normalized spacial score (nSPS) is 15.9. The first-order chi connectivity index (χ1) is 11.0. The molecule has 1 heterocycles. The molecule has 0 radical (unpaired) electrons. The minimum absolute atomic E-state index is 0.137. The van der Waals surface area contributed by atoms with Crippen molar-refractivity contribution in [2.75, 3.05) is 20.2 Å². The van der Waals surface area contributed by atoms with Crippen molar-refractivity contribution in [3.63, 3.8) is 0 Å². The van der Waals surface area contributed by atoms with Crippen LogP contribution in [0.5, 0.6) is 5.75 Å². The number of carbonyl (C=O) groups is 1. The standard InChI is InChI=1S/C15H19N3O4S/c1-22-13-2-4-14(5-3-13)23(20,21)17-12-7-10-18(11-8-12)15(19)6-9-16/h2-5,12,17H,6-8,10-11H2,1H3. The lowest BCUT2D eigenvalue weighted by atomic mass is 10.1. The van der Waals surface area contributed by atoms with E-state index in [1.54, 1.807) is 17.0 Å². The molecule has 23 heavy (non-hydrogen) atoms. The molecular formula is C15H19N3O4S. The maximum absolute atomic E-state index is 12.3. The Labute approximate surface area is 135 Å². The molecule has 0 saturated carbocycles. The molecule has 8 heteroatoms. The first-order valence-corrected chi connectivity index (χ1v) is 8.75. The van der Waals surface area contributed by atoms with Gasteiger partial charge in [-0.05, 0) is 37.1 Å². The van der Waals surface area contributed by atoms with Crippen molar-refractivity contribution < 1.29 is 17.9 Å². The van der Waals surface area contributed by atoms with Crippen molar-refractivity contribution in [1.82, 2.24) is 9.62 Å². The smallest absolute Gasteiger partial charge is 0.240 e. The molecule has 0 spiro atoms. The largest absolute Gasteiger partial charge is 0.497 e. The van der Waals surface area contributed by atoms with Gasteiger partial charge in [0.2, 0.25) is 15.9 Å². The van der Waals surface area contributed by atoms with Gasteiger partial charge in [0.1, 0.15) is 12.2 Å². The lowest BCUT2D eigenvalue weighted by Crippen LogP contribution is -2.46. The number of hydrogen-bond donors (Lipinski definition) is 1. The zero-order chi connectivity index (χ0) is 16.9. The molecule has 1 aliphatic heterocycles. The zero-order valence-electron chi connectivity index (χ0n) is 12.9. The van der Waals surface area contributed by atoms with Crippen molar-refractivity contribution >= 4 is 15.9 Å². The third-order valence-corrected chi connectivity index (χ3v) is 5.31. The van der Waals surface area contributed by atoms with E-state index in [-0.39, 0.29) is 23.3 Å². The molecule has 124 valence electrons. The van der Waals surface area contributed by atoms with Crippen LogP contribution in [0.2, 0.25) is 0 Å². The molecule has 7 nitrogen and oxygen atoms in total. The third-order valence-electron chi connectivity index (χ3n) is 3.77. The summed E-state index contributed by atoms with van der Waals surface area (Å²) in [6, 6.07) is 7.79. The molecule has 0 aromatic heterocycles. The minimum atomic E-state index is -3.59. The Morgan fingerprint density at radius 3 is 2.48 bits per heavy atom. The van der Waals surface area contributed by atoms with Gasteiger partial charge < -0.3 is 9.64 Å². The molecule has 0 bridgehead atoms. The SMILES string of the molecule is COc1ccc(S(=O)(=O)NC2CCN(C(=O)CC#N)CC2)cc1. The van der Waals surface area contributed by atoms with Crippen LogP contribution < -0.4 is 9.46 Å². The zero-order valence-corrected chi connectivity index (χ0v) is 13.7. The molecule has 1 N–H and O–H groups in total. The Kier molecular flexibility index (Phi) is 5.58. The Morgan fingerprint density at radius 1 is 1.35 bits per heavy atom. The fraction of sp³-hybridized carbons (Fsp3) is 0.467. The average Bonchev–Trinajstić information content (AvgIpc) is 2.55. The number of benzene rings is 1. The lowest BCUT2D eigenvalue weighted by molar-refractivity contribution is -0.131. The number of ether oxygens (including phenoxy) is 1. The van der Waals surface area contributed by atoms with Crippen molar-refractivity contribution in [1.29, 1.82) is 5.26 Å². The number of likely N-dealkylation sites (tertiary alicyclic amines) is 1. The highest BCUT2D eigenvalue weighted by atomic mass is 32.2. The summed E-state index contributed by atoms with van der Waals surface area (Å²) >= 11 is 0. The number of rotatable bonds is 5. The monoisotopic (exact) mass is 337 g/mol. The van der Waals surface area contributed by atoms with E-state index in [4.69, 9.17) is 10.00 Å². The van der Waals surface area contributed by atoms with Gasteiger partial charge in [-0.25, -0.2) is 13.1 Å². The number of amides is 1. The van der Waals surface area contributed by atoms with E-state index in [1.165, 1.54) is 19.2 Å². The van der Waals surface area contributed by atoms with Gasteiger partial charge in [0.25, 0.3) is 0 Å². The topological polar surface area (TPSA) is 99.5 Å². The second kappa shape index (κ2) is 7.44. The van der Waals surface area contributed by atoms with E-state index >= 15 is 0 Å². The number of piperidine rings is 1. The Hall–Kier alpha value is -2.11. The molecular weight excluding hydrogens is 318 g/mol. The van der Waals surface area contributed by atoms with Gasteiger partial charge in [-0.1, -0.05) is 0 Å². The predicted molar refractivity (Wildman–Crippen MR) is 83.1 cm³/mol. The number of nitriles is 1. The second-order valence-corrected chi connectivity index (χ2v) is 7.00. The van der Waals surface area contributed by atoms with Gasteiger partial charge in [0, 0.05) is 19.1 Å². The Morgan fingerprint density at radius 2 is 1.96 bits per heavy atom. The van der Waals surface area contributed by atoms with E-state index in [0.717, 1.165) is 0 Å². The van der Waals surface area contributed by atoms with Crippen LogP contribution in [0.4, 0.5) is 0 Å². The van der Waals surface area contributed by atoms with Crippen molar-refractivity contribution in [2.45, 2.75) is 30.2 Å². The third kappa shape index (κ3) is 4.43. The fourth-order valence-corrected chi connectivity index (χ4v) is 3.77. The minimum Gasteiger partial charge on any atom is -0.497 e. The van der Waals surface area contributed by atoms with Crippen LogP contribution in [0.15, 0.2) is 29.2 Å². The van der Waals surface area contributed by atoms with Gasteiger partial charge >= 0.3 is 0 Å². The van der Waals surface area contributed by atoms with Crippen LogP contribution in [0.1, 0.15) is 19.3 Å². The quantitative estimate of drug-likeness (QED) is 0.860. The molecule has 0 aliphatic carbocycles. The van der Waals surface area contributed by atoms with Gasteiger partial charge in [0.15, 0.2) is 0 Å². The summed E-state index contributed by atoms with van der Waals surface area (Å²) in [6.45, 7) is 0.909. The van der Waals surface area contributed by atoms with E-state index < -0.39 is 10.0 Å². The predicted octanol–water partition coefficient (Wildman–Crippen LogP) is 0.878. The molecule has 0 unspecified atom stereocenters. The van der Waals surface area contributed by atoms with E-state index in [2.05, 4.69) is 4.72 Å². The molecule has 0 atom stereocenters. The highest BCUT2D eigenvalue weighted by Gasteiger charge is 2.26. The van der Waals surface area contributed by atoms with Gasteiger partial charge in [-0.2, -0.15) is 5.26 Å². The number of hydrogen-bond acceptors (Lipinski definition) is 5. The summed E-state index contributed by atoms with van der Waals surface area (Å²) < 4.78 is 32.4. The van der Waals surface area contributed by atoms with Gasteiger partial charge in [-0.15, -0.1) is 0 Å². The molecule has 2 rings (SSSR count). The fourth-order valence-electron chi connectivity index (χ4n) is 2.47. The molecule has 1 saturated heterocycles. The number of methoxy groups -OCH3 is 1. The summed E-state index contributed by atoms with van der Waals surface area (Å²) in [5.74, 6) is 0.386. The summed E-state index contributed by atoms with van der Waals surface area (Å²) in [5.41, 5.74) is 0.